The highest BCUT2D eigenvalue weighted by Crippen LogP contribution is 2.11. The van der Waals surface area contributed by atoms with Gasteiger partial charge in [-0.25, -0.2) is 0 Å². The summed E-state index contributed by atoms with van der Waals surface area (Å²) < 4.78 is 0. The Hall–Kier alpha value is -2.08. The van der Waals surface area contributed by atoms with Crippen LogP contribution in [-0.4, -0.2) is 28.7 Å². The normalized spacial score (nSPS) is 13.1. The second kappa shape index (κ2) is 6.61. The average Bonchev–Trinajstić information content (AvgIpc) is 2.39. The lowest BCUT2D eigenvalue weighted by molar-refractivity contribution is -0.117. The molecule has 0 fully saturated rings. The molecule has 1 aromatic rings. The van der Waals surface area contributed by atoms with Crippen LogP contribution in [0.25, 0.3) is 0 Å². The van der Waals surface area contributed by atoms with Gasteiger partial charge in [-0.2, -0.15) is 0 Å². The molecule has 0 aliphatic carbocycles. The standard InChI is InChI=1S/C12H17N3O3/c1-8(11(13)15-18)12(17)14-10-4-2-9(3-5-10)6-7-16/h2-5,8,16,18H,6-7H2,1H3,(H2,13,15)(H,14,17). The van der Waals surface area contributed by atoms with Gasteiger partial charge in [-0.3, -0.25) is 4.79 Å². The minimum atomic E-state index is -0.702. The molecule has 1 rings (SSSR count). The first kappa shape index (κ1) is 14.0. The number of hydrogen-bond acceptors (Lipinski definition) is 4. The van der Waals surface area contributed by atoms with Gasteiger partial charge < -0.3 is 21.4 Å². The van der Waals surface area contributed by atoms with Crippen LogP contribution in [0.4, 0.5) is 5.69 Å². The molecular weight excluding hydrogens is 234 g/mol. The fourth-order valence-corrected chi connectivity index (χ4v) is 1.36. The van der Waals surface area contributed by atoms with E-state index in [-0.39, 0.29) is 18.3 Å². The second-order valence-corrected chi connectivity index (χ2v) is 3.91. The van der Waals surface area contributed by atoms with E-state index < -0.39 is 5.92 Å². The Bertz CT molecular complexity index is 429. The van der Waals surface area contributed by atoms with Crippen LogP contribution in [0.3, 0.4) is 0 Å². The minimum absolute atomic E-state index is 0.0895. The smallest absolute Gasteiger partial charge is 0.234 e. The van der Waals surface area contributed by atoms with E-state index in [9.17, 15) is 4.79 Å². The van der Waals surface area contributed by atoms with Crippen molar-refractivity contribution < 1.29 is 15.1 Å². The maximum Gasteiger partial charge on any atom is 0.234 e. The number of aliphatic hydroxyl groups is 1. The van der Waals surface area contributed by atoms with Crippen molar-refractivity contribution in [3.05, 3.63) is 29.8 Å². The van der Waals surface area contributed by atoms with Crippen molar-refractivity contribution in [1.29, 1.82) is 0 Å². The van der Waals surface area contributed by atoms with Crippen molar-refractivity contribution in [2.45, 2.75) is 13.3 Å². The summed E-state index contributed by atoms with van der Waals surface area (Å²) in [7, 11) is 0. The summed E-state index contributed by atoms with van der Waals surface area (Å²) in [5.74, 6) is -1.18. The van der Waals surface area contributed by atoms with Gasteiger partial charge >= 0.3 is 0 Å². The van der Waals surface area contributed by atoms with E-state index in [0.29, 0.717) is 12.1 Å². The van der Waals surface area contributed by atoms with Crippen LogP contribution >= 0.6 is 0 Å². The molecule has 0 radical (unpaired) electrons. The number of oxime groups is 1. The van der Waals surface area contributed by atoms with E-state index in [1.54, 1.807) is 19.1 Å². The number of hydrogen-bond donors (Lipinski definition) is 4. The zero-order valence-corrected chi connectivity index (χ0v) is 10.1. The van der Waals surface area contributed by atoms with Gasteiger partial charge in [0.25, 0.3) is 0 Å². The zero-order valence-electron chi connectivity index (χ0n) is 10.1. The minimum Gasteiger partial charge on any atom is -0.409 e. The highest BCUT2D eigenvalue weighted by molar-refractivity contribution is 6.07. The first-order valence-corrected chi connectivity index (χ1v) is 5.56. The van der Waals surface area contributed by atoms with Crippen molar-refractivity contribution in [3.8, 4) is 0 Å². The van der Waals surface area contributed by atoms with Gasteiger partial charge in [-0.15, -0.1) is 0 Å². The molecule has 1 aromatic carbocycles. The molecule has 0 saturated carbocycles. The molecule has 0 saturated heterocycles. The van der Waals surface area contributed by atoms with E-state index in [1.165, 1.54) is 0 Å². The summed E-state index contributed by atoms with van der Waals surface area (Å²) in [4.78, 5) is 11.7. The number of nitrogens with two attached hydrogens (primary N) is 1. The van der Waals surface area contributed by atoms with Crippen LogP contribution < -0.4 is 11.1 Å². The SMILES string of the molecule is CC(C(=O)Nc1ccc(CCO)cc1)C(N)=NO. The molecule has 0 bridgehead atoms. The molecular formula is C12H17N3O3. The molecule has 18 heavy (non-hydrogen) atoms. The Labute approximate surface area is 105 Å². The zero-order chi connectivity index (χ0) is 13.5. The molecule has 6 heteroatoms. The topological polar surface area (TPSA) is 108 Å². The number of amidine groups is 1. The van der Waals surface area contributed by atoms with Crippen LogP contribution in [0.5, 0.6) is 0 Å². The molecule has 98 valence electrons. The summed E-state index contributed by atoms with van der Waals surface area (Å²) >= 11 is 0. The number of rotatable bonds is 5. The number of nitrogens with one attached hydrogen (secondary N) is 1. The number of aliphatic hydroxyl groups excluding tert-OH is 1. The predicted molar refractivity (Wildman–Crippen MR) is 68.4 cm³/mol. The van der Waals surface area contributed by atoms with Gasteiger partial charge in [0.2, 0.25) is 5.91 Å². The summed E-state index contributed by atoms with van der Waals surface area (Å²) in [6.45, 7) is 1.64. The average molecular weight is 251 g/mol. The van der Waals surface area contributed by atoms with E-state index in [1.807, 2.05) is 12.1 Å². The van der Waals surface area contributed by atoms with E-state index >= 15 is 0 Å². The maximum absolute atomic E-state index is 11.7. The van der Waals surface area contributed by atoms with Gasteiger partial charge in [-0.05, 0) is 31.0 Å². The molecule has 0 spiro atoms. The third-order valence-corrected chi connectivity index (χ3v) is 2.57. The Morgan fingerprint density at radius 3 is 2.56 bits per heavy atom. The lowest BCUT2D eigenvalue weighted by Crippen LogP contribution is -2.32. The van der Waals surface area contributed by atoms with Crippen molar-refractivity contribution in [2.24, 2.45) is 16.8 Å². The van der Waals surface area contributed by atoms with Gasteiger partial charge in [0.05, 0.1) is 5.92 Å². The monoisotopic (exact) mass is 251 g/mol. The van der Waals surface area contributed by atoms with E-state index in [2.05, 4.69) is 10.5 Å². The number of benzene rings is 1. The van der Waals surface area contributed by atoms with Gasteiger partial charge in [0.15, 0.2) is 5.84 Å². The molecule has 5 N–H and O–H groups in total. The lowest BCUT2D eigenvalue weighted by atomic mass is 10.1. The van der Waals surface area contributed by atoms with Gasteiger partial charge in [0.1, 0.15) is 0 Å². The lowest BCUT2D eigenvalue weighted by Gasteiger charge is -2.11. The highest BCUT2D eigenvalue weighted by Gasteiger charge is 2.17. The highest BCUT2D eigenvalue weighted by atomic mass is 16.4. The molecule has 0 heterocycles. The third kappa shape index (κ3) is 3.74. The number of carbonyl (C=O) groups excluding carboxylic acids is 1. The Morgan fingerprint density at radius 2 is 2.06 bits per heavy atom. The molecule has 6 nitrogen and oxygen atoms in total. The number of carbonyl (C=O) groups is 1. The van der Waals surface area contributed by atoms with Crippen molar-refractivity contribution in [1.82, 2.24) is 0 Å². The van der Waals surface area contributed by atoms with E-state index in [4.69, 9.17) is 16.0 Å². The van der Waals surface area contributed by atoms with Crippen LogP contribution in [0, 0.1) is 5.92 Å². The van der Waals surface area contributed by atoms with Gasteiger partial charge in [-0.1, -0.05) is 17.3 Å². The third-order valence-electron chi connectivity index (χ3n) is 2.57. The maximum atomic E-state index is 11.7. The van der Waals surface area contributed by atoms with Gasteiger partial charge in [0, 0.05) is 12.3 Å². The molecule has 0 aliphatic rings. The first-order chi connectivity index (χ1) is 8.58. The molecule has 1 amide bonds. The van der Waals surface area contributed by atoms with Crippen molar-refractivity contribution in [3.63, 3.8) is 0 Å². The number of nitrogens with zero attached hydrogens (tertiary/aromatic N) is 1. The quantitative estimate of drug-likeness (QED) is 0.265. The Balaban J connectivity index is 2.65. The predicted octanol–water partition coefficient (Wildman–Crippen LogP) is 0.542. The summed E-state index contributed by atoms with van der Waals surface area (Å²) in [5, 5.41) is 22.7. The van der Waals surface area contributed by atoms with Crippen molar-refractivity contribution >= 4 is 17.4 Å². The summed E-state index contributed by atoms with van der Waals surface area (Å²) in [5.41, 5.74) is 6.96. The largest absolute Gasteiger partial charge is 0.409 e. The summed E-state index contributed by atoms with van der Waals surface area (Å²) in [6, 6.07) is 7.11. The van der Waals surface area contributed by atoms with Crippen LogP contribution in [0.2, 0.25) is 0 Å². The van der Waals surface area contributed by atoms with Crippen LogP contribution in [-0.2, 0) is 11.2 Å². The molecule has 0 aliphatic heterocycles. The van der Waals surface area contributed by atoms with Crippen LogP contribution in [0.15, 0.2) is 29.4 Å². The first-order valence-electron chi connectivity index (χ1n) is 5.56. The van der Waals surface area contributed by atoms with Crippen LogP contribution in [0.1, 0.15) is 12.5 Å². The Morgan fingerprint density at radius 1 is 1.44 bits per heavy atom. The summed E-state index contributed by atoms with van der Waals surface area (Å²) in [6.07, 6.45) is 0.578. The fraction of sp³-hybridized carbons (Fsp3) is 0.333. The molecule has 1 atom stereocenters. The number of anilines is 1. The van der Waals surface area contributed by atoms with Crippen molar-refractivity contribution in [2.75, 3.05) is 11.9 Å². The fourth-order valence-electron chi connectivity index (χ4n) is 1.36. The Kier molecular flexibility index (Phi) is 5.13. The second-order valence-electron chi connectivity index (χ2n) is 3.91. The molecule has 1 unspecified atom stereocenters. The number of amides is 1. The van der Waals surface area contributed by atoms with E-state index in [0.717, 1.165) is 5.56 Å². The molecule has 0 aromatic heterocycles.